The van der Waals surface area contributed by atoms with E-state index in [0.717, 1.165) is 35.9 Å². The summed E-state index contributed by atoms with van der Waals surface area (Å²) < 4.78 is 2.01. The van der Waals surface area contributed by atoms with Gasteiger partial charge in [-0.2, -0.15) is 0 Å². The molecule has 2 N–H and O–H groups in total. The van der Waals surface area contributed by atoms with Gasteiger partial charge < -0.3 is 20.1 Å². The Morgan fingerprint density at radius 3 is 2.54 bits per heavy atom. The van der Waals surface area contributed by atoms with Crippen molar-refractivity contribution in [3.8, 4) is 5.69 Å². The topological polar surface area (TPSA) is 79.3 Å². The van der Waals surface area contributed by atoms with Gasteiger partial charge in [0.05, 0.1) is 24.0 Å². The highest BCUT2D eigenvalue weighted by molar-refractivity contribution is 5.97. The van der Waals surface area contributed by atoms with E-state index < -0.39 is 0 Å². The molecule has 4 rings (SSSR count). The van der Waals surface area contributed by atoms with E-state index in [1.54, 1.807) is 6.33 Å². The lowest BCUT2D eigenvalue weighted by Crippen LogP contribution is -2.57. The summed E-state index contributed by atoms with van der Waals surface area (Å²) in [7, 11) is 0. The number of carbonyl (C=O) groups is 2. The first-order valence-corrected chi connectivity index (χ1v) is 8.95. The summed E-state index contributed by atoms with van der Waals surface area (Å²) in [4.78, 5) is 30.8. The van der Waals surface area contributed by atoms with Gasteiger partial charge in [0.2, 0.25) is 11.8 Å². The summed E-state index contributed by atoms with van der Waals surface area (Å²) in [6.45, 7) is 6.18. The SMILES string of the molecule is Cc1ncn(-c2ccc(NC(=O)C3CC(=O)N(C4CNC4)C3)cc2)c1C. The minimum atomic E-state index is -0.277. The zero-order chi connectivity index (χ0) is 18.3. The summed E-state index contributed by atoms with van der Waals surface area (Å²) in [5.41, 5.74) is 3.83. The van der Waals surface area contributed by atoms with E-state index in [1.807, 2.05) is 47.6 Å². The molecular weight excluding hydrogens is 330 g/mol. The van der Waals surface area contributed by atoms with Crippen LogP contribution in [0.3, 0.4) is 0 Å². The van der Waals surface area contributed by atoms with Crippen molar-refractivity contribution >= 4 is 17.5 Å². The Morgan fingerprint density at radius 2 is 1.96 bits per heavy atom. The lowest BCUT2D eigenvalue weighted by molar-refractivity contribution is -0.130. The van der Waals surface area contributed by atoms with Crippen LogP contribution in [-0.4, -0.2) is 51.9 Å². The average molecular weight is 353 g/mol. The van der Waals surface area contributed by atoms with Gasteiger partial charge >= 0.3 is 0 Å². The van der Waals surface area contributed by atoms with E-state index in [4.69, 9.17) is 0 Å². The largest absolute Gasteiger partial charge is 0.336 e. The van der Waals surface area contributed by atoms with Gasteiger partial charge in [0.15, 0.2) is 0 Å². The van der Waals surface area contributed by atoms with Crippen molar-refractivity contribution in [2.24, 2.45) is 5.92 Å². The normalized spacial score (nSPS) is 20.3. The highest BCUT2D eigenvalue weighted by atomic mass is 16.2. The summed E-state index contributed by atoms with van der Waals surface area (Å²) in [6, 6.07) is 7.92. The molecule has 1 aromatic carbocycles. The number of rotatable bonds is 4. The second kappa shape index (κ2) is 6.57. The van der Waals surface area contributed by atoms with Crippen LogP contribution in [0, 0.1) is 19.8 Å². The van der Waals surface area contributed by atoms with E-state index in [0.29, 0.717) is 13.0 Å². The molecule has 2 saturated heterocycles. The van der Waals surface area contributed by atoms with Gasteiger partial charge in [-0.05, 0) is 38.1 Å². The number of likely N-dealkylation sites (tertiary alicyclic amines) is 1. The number of hydrogen-bond donors (Lipinski definition) is 2. The number of benzene rings is 1. The average Bonchev–Trinajstić information content (AvgIpc) is 3.11. The number of amides is 2. The summed E-state index contributed by atoms with van der Waals surface area (Å²) in [5, 5.41) is 6.11. The van der Waals surface area contributed by atoms with Gasteiger partial charge in [-0.3, -0.25) is 9.59 Å². The lowest BCUT2D eigenvalue weighted by Gasteiger charge is -2.35. The summed E-state index contributed by atoms with van der Waals surface area (Å²) in [6.07, 6.45) is 2.10. The first kappa shape index (κ1) is 16.8. The molecule has 0 saturated carbocycles. The molecule has 2 amide bonds. The van der Waals surface area contributed by atoms with Crippen LogP contribution in [0.15, 0.2) is 30.6 Å². The fourth-order valence-electron chi connectivity index (χ4n) is 3.46. The number of hydrogen-bond acceptors (Lipinski definition) is 4. The minimum absolute atomic E-state index is 0.0814. The van der Waals surface area contributed by atoms with E-state index in [9.17, 15) is 9.59 Å². The van der Waals surface area contributed by atoms with Crippen LogP contribution in [0.5, 0.6) is 0 Å². The van der Waals surface area contributed by atoms with Gasteiger partial charge in [0, 0.05) is 43.1 Å². The standard InChI is InChI=1S/C19H23N5O2/c1-12-13(2)24(11-21-12)16-5-3-15(4-6-16)22-19(26)14-7-18(25)23(10-14)17-8-20-9-17/h3-6,11,14,17,20H,7-10H2,1-2H3,(H,22,26). The maximum Gasteiger partial charge on any atom is 0.229 e. The molecule has 2 aromatic rings. The van der Waals surface area contributed by atoms with E-state index in [-0.39, 0.29) is 23.8 Å². The molecule has 1 atom stereocenters. The lowest BCUT2D eigenvalue weighted by atomic mass is 10.1. The predicted octanol–water partition coefficient (Wildman–Crippen LogP) is 1.25. The van der Waals surface area contributed by atoms with Gasteiger partial charge in [-0.25, -0.2) is 4.98 Å². The van der Waals surface area contributed by atoms with E-state index in [2.05, 4.69) is 15.6 Å². The second-order valence-electron chi connectivity index (χ2n) is 7.08. The molecule has 7 nitrogen and oxygen atoms in total. The Bertz CT molecular complexity index is 838. The van der Waals surface area contributed by atoms with Crippen LogP contribution in [0.2, 0.25) is 0 Å². The van der Waals surface area contributed by atoms with E-state index >= 15 is 0 Å². The minimum Gasteiger partial charge on any atom is -0.336 e. The molecule has 136 valence electrons. The fraction of sp³-hybridized carbons (Fsp3) is 0.421. The highest BCUT2D eigenvalue weighted by Crippen LogP contribution is 2.24. The quantitative estimate of drug-likeness (QED) is 0.867. The van der Waals surface area contributed by atoms with Crippen LogP contribution in [0.1, 0.15) is 17.8 Å². The van der Waals surface area contributed by atoms with Crippen LogP contribution >= 0.6 is 0 Å². The van der Waals surface area contributed by atoms with Crippen molar-refractivity contribution in [1.29, 1.82) is 0 Å². The smallest absolute Gasteiger partial charge is 0.229 e. The number of carbonyl (C=O) groups excluding carboxylic acids is 2. The second-order valence-corrected chi connectivity index (χ2v) is 7.08. The molecule has 2 aliphatic rings. The third kappa shape index (κ3) is 2.99. The zero-order valence-corrected chi connectivity index (χ0v) is 15.0. The van der Waals surface area contributed by atoms with Crippen molar-refractivity contribution < 1.29 is 9.59 Å². The van der Waals surface area contributed by atoms with E-state index in [1.165, 1.54) is 0 Å². The number of nitrogens with zero attached hydrogens (tertiary/aromatic N) is 3. The Labute approximate surface area is 152 Å². The van der Waals surface area contributed by atoms with Crippen LogP contribution in [-0.2, 0) is 9.59 Å². The maximum absolute atomic E-state index is 12.5. The molecule has 0 spiro atoms. The molecule has 7 heteroatoms. The Balaban J connectivity index is 1.40. The molecule has 2 fully saturated rings. The Morgan fingerprint density at radius 1 is 1.23 bits per heavy atom. The number of nitrogens with one attached hydrogen (secondary N) is 2. The zero-order valence-electron chi connectivity index (χ0n) is 15.0. The van der Waals surface area contributed by atoms with Crippen molar-refractivity contribution in [3.63, 3.8) is 0 Å². The summed E-state index contributed by atoms with van der Waals surface area (Å²) in [5.74, 6) is -0.283. The molecule has 3 heterocycles. The number of aromatic nitrogens is 2. The third-order valence-corrected chi connectivity index (χ3v) is 5.39. The van der Waals surface area contributed by atoms with Crippen LogP contribution in [0.25, 0.3) is 5.69 Å². The van der Waals surface area contributed by atoms with Crippen molar-refractivity contribution in [1.82, 2.24) is 19.8 Å². The fourth-order valence-corrected chi connectivity index (χ4v) is 3.46. The molecule has 2 aliphatic heterocycles. The van der Waals surface area contributed by atoms with Crippen LogP contribution in [0.4, 0.5) is 5.69 Å². The van der Waals surface area contributed by atoms with Crippen LogP contribution < -0.4 is 10.6 Å². The first-order chi connectivity index (χ1) is 12.5. The first-order valence-electron chi connectivity index (χ1n) is 8.95. The molecule has 26 heavy (non-hydrogen) atoms. The number of anilines is 1. The molecular formula is C19H23N5O2. The van der Waals surface area contributed by atoms with Gasteiger partial charge in [0.25, 0.3) is 0 Å². The Hall–Kier alpha value is -2.67. The predicted molar refractivity (Wildman–Crippen MR) is 98.1 cm³/mol. The van der Waals surface area contributed by atoms with Crippen molar-refractivity contribution in [2.75, 3.05) is 25.0 Å². The molecule has 0 bridgehead atoms. The van der Waals surface area contributed by atoms with Gasteiger partial charge in [-0.15, -0.1) is 0 Å². The Kier molecular flexibility index (Phi) is 4.24. The molecule has 0 aliphatic carbocycles. The van der Waals surface area contributed by atoms with Gasteiger partial charge in [0.1, 0.15) is 0 Å². The maximum atomic E-state index is 12.5. The molecule has 0 radical (unpaired) electrons. The van der Waals surface area contributed by atoms with Crippen molar-refractivity contribution in [2.45, 2.75) is 26.3 Å². The molecule has 1 unspecified atom stereocenters. The third-order valence-electron chi connectivity index (χ3n) is 5.39. The number of aryl methyl sites for hydroxylation is 1. The van der Waals surface area contributed by atoms with Gasteiger partial charge in [-0.1, -0.05) is 0 Å². The summed E-state index contributed by atoms with van der Waals surface area (Å²) >= 11 is 0. The monoisotopic (exact) mass is 353 g/mol. The highest BCUT2D eigenvalue weighted by Gasteiger charge is 2.39. The molecule has 1 aromatic heterocycles. The van der Waals surface area contributed by atoms with Crippen molar-refractivity contribution in [3.05, 3.63) is 42.0 Å². The number of imidazole rings is 1.